The Kier molecular flexibility index (Phi) is 6.36. The summed E-state index contributed by atoms with van der Waals surface area (Å²) in [4.78, 5) is 22.5. The van der Waals surface area contributed by atoms with E-state index in [0.717, 1.165) is 31.6 Å². The molecular weight excluding hydrogens is 286 g/mol. The Morgan fingerprint density at radius 2 is 1.91 bits per heavy atom. The van der Waals surface area contributed by atoms with Gasteiger partial charge in [-0.15, -0.1) is 0 Å². The second-order valence-electron chi connectivity index (χ2n) is 5.21. The van der Waals surface area contributed by atoms with Crippen LogP contribution in [0.1, 0.15) is 35.2 Å². The van der Waals surface area contributed by atoms with E-state index in [1.807, 2.05) is 0 Å². The zero-order valence-corrected chi connectivity index (χ0v) is 12.4. The lowest BCUT2D eigenvalue weighted by Crippen LogP contribution is -2.27. The maximum absolute atomic E-state index is 11.7. The first-order valence-corrected chi connectivity index (χ1v) is 7.43. The number of benzene rings is 1. The van der Waals surface area contributed by atoms with E-state index in [1.54, 1.807) is 12.1 Å². The van der Waals surface area contributed by atoms with E-state index in [2.05, 4.69) is 5.32 Å². The summed E-state index contributed by atoms with van der Waals surface area (Å²) in [6.07, 6.45) is 2.30. The number of rotatable bonds is 7. The van der Waals surface area contributed by atoms with Gasteiger partial charge in [0.2, 0.25) is 5.91 Å². The van der Waals surface area contributed by atoms with Gasteiger partial charge in [-0.1, -0.05) is 12.1 Å². The molecule has 0 bridgehead atoms. The summed E-state index contributed by atoms with van der Waals surface area (Å²) >= 11 is 0. The molecule has 0 atom stereocenters. The Hall–Kier alpha value is -1.92. The van der Waals surface area contributed by atoms with Crippen LogP contribution in [0, 0.1) is 0 Å². The number of hydrogen-bond acceptors (Lipinski definition) is 4. The molecule has 0 saturated carbocycles. The number of nitrogens with one attached hydrogen (secondary N) is 1. The molecule has 6 heteroatoms. The van der Waals surface area contributed by atoms with Crippen molar-refractivity contribution >= 4 is 11.9 Å². The minimum Gasteiger partial charge on any atom is -0.478 e. The predicted molar refractivity (Wildman–Crippen MR) is 79.7 cm³/mol. The van der Waals surface area contributed by atoms with E-state index in [-0.39, 0.29) is 17.6 Å². The molecule has 120 valence electrons. The van der Waals surface area contributed by atoms with Crippen molar-refractivity contribution in [1.82, 2.24) is 5.32 Å². The van der Waals surface area contributed by atoms with Gasteiger partial charge < -0.3 is 19.9 Å². The average molecular weight is 307 g/mol. The Morgan fingerprint density at radius 3 is 2.55 bits per heavy atom. The molecule has 2 N–H and O–H groups in total. The fourth-order valence-corrected chi connectivity index (χ4v) is 2.22. The molecule has 1 heterocycles. The van der Waals surface area contributed by atoms with Crippen molar-refractivity contribution in [2.45, 2.75) is 31.9 Å². The molecule has 0 spiro atoms. The first-order chi connectivity index (χ1) is 10.6. The maximum atomic E-state index is 11.7. The van der Waals surface area contributed by atoms with Gasteiger partial charge in [-0.3, -0.25) is 4.79 Å². The number of carbonyl (C=O) groups excluding carboxylic acids is 1. The third-order valence-electron chi connectivity index (χ3n) is 3.54. The maximum Gasteiger partial charge on any atom is 0.335 e. The molecule has 1 amide bonds. The summed E-state index contributed by atoms with van der Waals surface area (Å²) in [5.74, 6) is -1.03. The zero-order chi connectivity index (χ0) is 15.8. The summed E-state index contributed by atoms with van der Waals surface area (Å²) in [5, 5.41) is 11.6. The molecule has 0 aromatic heterocycles. The van der Waals surface area contributed by atoms with Gasteiger partial charge in [-0.2, -0.15) is 0 Å². The Bertz CT molecular complexity index is 494. The molecule has 1 aliphatic rings. The van der Waals surface area contributed by atoms with E-state index < -0.39 is 5.97 Å². The molecule has 1 aromatic carbocycles. The predicted octanol–water partition coefficient (Wildman–Crippen LogP) is 1.59. The molecule has 0 radical (unpaired) electrons. The summed E-state index contributed by atoms with van der Waals surface area (Å²) in [6, 6.07) is 6.45. The van der Waals surface area contributed by atoms with Crippen molar-refractivity contribution in [2.24, 2.45) is 0 Å². The number of amides is 1. The lowest BCUT2D eigenvalue weighted by molar-refractivity contribution is -0.123. The van der Waals surface area contributed by atoms with E-state index in [0.29, 0.717) is 19.6 Å². The average Bonchev–Trinajstić information content (AvgIpc) is 2.54. The van der Waals surface area contributed by atoms with Gasteiger partial charge in [0.15, 0.2) is 0 Å². The van der Waals surface area contributed by atoms with Gasteiger partial charge >= 0.3 is 5.97 Å². The Morgan fingerprint density at radius 1 is 1.23 bits per heavy atom. The molecule has 1 fully saturated rings. The lowest BCUT2D eigenvalue weighted by atomic mass is 10.1. The number of aromatic carboxylic acids is 1. The largest absolute Gasteiger partial charge is 0.478 e. The van der Waals surface area contributed by atoms with Crippen molar-refractivity contribution in [1.29, 1.82) is 0 Å². The number of carbonyl (C=O) groups is 2. The highest BCUT2D eigenvalue weighted by atomic mass is 16.5. The van der Waals surface area contributed by atoms with Crippen LogP contribution in [0.2, 0.25) is 0 Å². The zero-order valence-electron chi connectivity index (χ0n) is 12.4. The lowest BCUT2D eigenvalue weighted by Gasteiger charge is -2.22. The second kappa shape index (κ2) is 8.51. The van der Waals surface area contributed by atoms with Crippen LogP contribution in [0.3, 0.4) is 0 Å². The number of hydrogen-bond donors (Lipinski definition) is 2. The monoisotopic (exact) mass is 307 g/mol. The highest BCUT2D eigenvalue weighted by Gasteiger charge is 2.14. The summed E-state index contributed by atoms with van der Waals surface area (Å²) < 4.78 is 10.9. The van der Waals surface area contributed by atoms with Crippen LogP contribution in [-0.4, -0.2) is 42.9 Å². The second-order valence-corrected chi connectivity index (χ2v) is 5.21. The first kappa shape index (κ1) is 16.5. The van der Waals surface area contributed by atoms with Crippen LogP contribution >= 0.6 is 0 Å². The minimum absolute atomic E-state index is 0.0747. The number of carboxylic acid groups (broad SMARTS) is 1. The standard InChI is InChI=1S/C16H21NO5/c18-15(7-10-22-14-5-8-21-9-6-14)17-11-12-1-3-13(4-2-12)16(19)20/h1-4,14H,5-11H2,(H,17,18)(H,19,20). The smallest absolute Gasteiger partial charge is 0.335 e. The van der Waals surface area contributed by atoms with Crippen LogP contribution in [0.4, 0.5) is 0 Å². The third-order valence-corrected chi connectivity index (χ3v) is 3.54. The number of ether oxygens (including phenoxy) is 2. The molecular formula is C16H21NO5. The highest BCUT2D eigenvalue weighted by Crippen LogP contribution is 2.10. The van der Waals surface area contributed by atoms with Crippen LogP contribution < -0.4 is 5.32 Å². The molecule has 0 aliphatic carbocycles. The Labute approximate surface area is 129 Å². The Balaban J connectivity index is 1.63. The van der Waals surface area contributed by atoms with Gasteiger partial charge in [0.1, 0.15) is 0 Å². The molecule has 22 heavy (non-hydrogen) atoms. The number of carboxylic acids is 1. The molecule has 1 aromatic rings. The molecule has 6 nitrogen and oxygen atoms in total. The van der Waals surface area contributed by atoms with Crippen molar-refractivity contribution in [2.75, 3.05) is 19.8 Å². The van der Waals surface area contributed by atoms with Gasteiger partial charge in [-0.25, -0.2) is 4.79 Å². The third kappa shape index (κ3) is 5.46. The summed E-state index contributed by atoms with van der Waals surface area (Å²) in [6.45, 7) is 2.25. The van der Waals surface area contributed by atoms with E-state index >= 15 is 0 Å². The van der Waals surface area contributed by atoms with Gasteiger partial charge in [-0.05, 0) is 30.5 Å². The molecule has 1 saturated heterocycles. The van der Waals surface area contributed by atoms with E-state index in [9.17, 15) is 9.59 Å². The normalized spacial score (nSPS) is 15.5. The van der Waals surface area contributed by atoms with Crippen molar-refractivity contribution in [3.63, 3.8) is 0 Å². The first-order valence-electron chi connectivity index (χ1n) is 7.43. The summed E-state index contributed by atoms with van der Waals surface area (Å²) in [5.41, 5.74) is 1.10. The quantitative estimate of drug-likeness (QED) is 0.799. The van der Waals surface area contributed by atoms with Gasteiger partial charge in [0, 0.05) is 26.2 Å². The SMILES string of the molecule is O=C(CCOC1CCOCC1)NCc1ccc(C(=O)O)cc1. The highest BCUT2D eigenvalue weighted by molar-refractivity contribution is 5.87. The summed E-state index contributed by atoms with van der Waals surface area (Å²) in [7, 11) is 0. The van der Waals surface area contributed by atoms with Gasteiger partial charge in [0.05, 0.1) is 18.3 Å². The van der Waals surface area contributed by atoms with Crippen molar-refractivity contribution in [3.8, 4) is 0 Å². The van der Waals surface area contributed by atoms with Crippen molar-refractivity contribution in [3.05, 3.63) is 35.4 Å². The molecule has 1 aliphatic heterocycles. The van der Waals surface area contributed by atoms with Gasteiger partial charge in [0.25, 0.3) is 0 Å². The van der Waals surface area contributed by atoms with Crippen LogP contribution in [0.15, 0.2) is 24.3 Å². The molecule has 0 unspecified atom stereocenters. The van der Waals surface area contributed by atoms with Crippen molar-refractivity contribution < 1.29 is 24.2 Å². The topological polar surface area (TPSA) is 84.9 Å². The van der Waals surface area contributed by atoms with Crippen LogP contribution in [-0.2, 0) is 20.8 Å². The van der Waals surface area contributed by atoms with E-state index in [4.69, 9.17) is 14.6 Å². The van der Waals surface area contributed by atoms with E-state index in [1.165, 1.54) is 12.1 Å². The fourth-order valence-electron chi connectivity index (χ4n) is 2.22. The molecule has 2 rings (SSSR count). The van der Waals surface area contributed by atoms with Crippen LogP contribution in [0.5, 0.6) is 0 Å². The van der Waals surface area contributed by atoms with Crippen LogP contribution in [0.25, 0.3) is 0 Å². The fraction of sp³-hybridized carbons (Fsp3) is 0.500. The minimum atomic E-state index is -0.958.